The lowest BCUT2D eigenvalue weighted by Gasteiger charge is -2.32. The van der Waals surface area contributed by atoms with E-state index >= 15 is 0 Å². The standard InChI is InChI=1S/C22H25N5/c23-19-8-4-7-18(15-19)22-24-12-9-21(26-22)25-20-10-13-27(14-11-20)16-17-5-2-1-3-6-17/h1-9,12,15,20H,10-11,13-14,16,23H2,(H,24,25,26). The number of benzene rings is 2. The van der Waals surface area contributed by atoms with Crippen LogP contribution in [0, 0.1) is 0 Å². The van der Waals surface area contributed by atoms with Gasteiger partial charge >= 0.3 is 0 Å². The zero-order valence-electron chi connectivity index (χ0n) is 15.4. The molecule has 1 aliphatic heterocycles. The molecule has 27 heavy (non-hydrogen) atoms. The summed E-state index contributed by atoms with van der Waals surface area (Å²) < 4.78 is 0. The summed E-state index contributed by atoms with van der Waals surface area (Å²) in [4.78, 5) is 11.6. The average molecular weight is 359 g/mol. The second-order valence-corrected chi connectivity index (χ2v) is 7.07. The van der Waals surface area contributed by atoms with Crippen molar-refractivity contribution in [3.05, 3.63) is 72.4 Å². The van der Waals surface area contributed by atoms with E-state index in [1.165, 1.54) is 5.56 Å². The Morgan fingerprint density at radius 1 is 1.00 bits per heavy atom. The normalized spacial score (nSPS) is 15.6. The van der Waals surface area contributed by atoms with Gasteiger partial charge in [-0.3, -0.25) is 4.90 Å². The Morgan fingerprint density at radius 2 is 1.81 bits per heavy atom. The molecule has 5 nitrogen and oxygen atoms in total. The first-order valence-corrected chi connectivity index (χ1v) is 9.48. The van der Waals surface area contributed by atoms with Crippen molar-refractivity contribution in [2.75, 3.05) is 24.1 Å². The molecule has 0 aliphatic carbocycles. The van der Waals surface area contributed by atoms with Crippen LogP contribution in [0.4, 0.5) is 11.5 Å². The lowest BCUT2D eigenvalue weighted by Crippen LogP contribution is -2.38. The highest BCUT2D eigenvalue weighted by molar-refractivity contribution is 5.62. The molecule has 3 aromatic rings. The van der Waals surface area contributed by atoms with Gasteiger partial charge in [0.15, 0.2) is 5.82 Å². The molecule has 0 radical (unpaired) electrons. The van der Waals surface area contributed by atoms with Gasteiger partial charge in [0.2, 0.25) is 0 Å². The van der Waals surface area contributed by atoms with E-state index in [0.717, 1.165) is 49.5 Å². The largest absolute Gasteiger partial charge is 0.399 e. The maximum atomic E-state index is 5.88. The third kappa shape index (κ3) is 4.63. The van der Waals surface area contributed by atoms with Gasteiger partial charge in [-0.25, -0.2) is 9.97 Å². The Labute approximate surface area is 160 Å². The lowest BCUT2D eigenvalue weighted by atomic mass is 10.0. The highest BCUT2D eigenvalue weighted by Crippen LogP contribution is 2.21. The van der Waals surface area contributed by atoms with Crippen molar-refractivity contribution in [2.45, 2.75) is 25.4 Å². The van der Waals surface area contributed by atoms with Crippen molar-refractivity contribution in [1.82, 2.24) is 14.9 Å². The summed E-state index contributed by atoms with van der Waals surface area (Å²) in [6, 6.07) is 20.7. The Bertz CT molecular complexity index is 873. The smallest absolute Gasteiger partial charge is 0.161 e. The van der Waals surface area contributed by atoms with E-state index < -0.39 is 0 Å². The van der Waals surface area contributed by atoms with E-state index in [-0.39, 0.29) is 0 Å². The molecule has 0 amide bonds. The molecular weight excluding hydrogens is 334 g/mol. The Hall–Kier alpha value is -2.92. The fraction of sp³-hybridized carbons (Fsp3) is 0.273. The summed E-state index contributed by atoms with van der Waals surface area (Å²) in [7, 11) is 0. The predicted molar refractivity (Wildman–Crippen MR) is 110 cm³/mol. The van der Waals surface area contributed by atoms with Crippen LogP contribution in [0.3, 0.4) is 0 Å². The zero-order chi connectivity index (χ0) is 18.5. The van der Waals surface area contributed by atoms with E-state index in [2.05, 4.69) is 50.5 Å². The Morgan fingerprint density at radius 3 is 2.59 bits per heavy atom. The molecule has 0 unspecified atom stereocenters. The van der Waals surface area contributed by atoms with E-state index in [1.54, 1.807) is 6.20 Å². The number of hydrogen-bond donors (Lipinski definition) is 2. The summed E-state index contributed by atoms with van der Waals surface area (Å²) in [5.74, 6) is 1.58. The topological polar surface area (TPSA) is 67.1 Å². The summed E-state index contributed by atoms with van der Waals surface area (Å²) in [5, 5.41) is 3.58. The molecule has 138 valence electrons. The van der Waals surface area contributed by atoms with Gasteiger partial charge in [-0.05, 0) is 36.6 Å². The Kier molecular flexibility index (Phi) is 5.30. The molecule has 0 atom stereocenters. The number of aromatic nitrogens is 2. The monoisotopic (exact) mass is 359 g/mol. The molecular formula is C22H25N5. The molecule has 2 heterocycles. The van der Waals surface area contributed by atoms with Gasteiger partial charge < -0.3 is 11.1 Å². The van der Waals surface area contributed by atoms with E-state index in [1.807, 2.05) is 30.3 Å². The maximum absolute atomic E-state index is 5.88. The van der Waals surface area contributed by atoms with Crippen LogP contribution in [0.1, 0.15) is 18.4 Å². The van der Waals surface area contributed by atoms with Gasteiger partial charge in [-0.1, -0.05) is 42.5 Å². The fourth-order valence-electron chi connectivity index (χ4n) is 3.54. The molecule has 0 spiro atoms. The summed E-state index contributed by atoms with van der Waals surface area (Å²) in [6.07, 6.45) is 4.04. The number of nitrogens with zero attached hydrogens (tertiary/aromatic N) is 3. The summed E-state index contributed by atoms with van der Waals surface area (Å²) >= 11 is 0. The molecule has 1 saturated heterocycles. The minimum Gasteiger partial charge on any atom is -0.399 e. The molecule has 2 aromatic carbocycles. The second-order valence-electron chi connectivity index (χ2n) is 7.07. The third-order valence-corrected chi connectivity index (χ3v) is 4.99. The molecule has 1 aromatic heterocycles. The van der Waals surface area contributed by atoms with Crippen molar-refractivity contribution in [3.63, 3.8) is 0 Å². The first-order chi connectivity index (χ1) is 13.3. The number of rotatable bonds is 5. The highest BCUT2D eigenvalue weighted by atomic mass is 15.1. The van der Waals surface area contributed by atoms with E-state index in [0.29, 0.717) is 11.9 Å². The van der Waals surface area contributed by atoms with Crippen molar-refractivity contribution < 1.29 is 0 Å². The number of likely N-dealkylation sites (tertiary alicyclic amines) is 1. The summed E-state index contributed by atoms with van der Waals surface area (Å²) in [6.45, 7) is 3.22. The number of nitrogens with one attached hydrogen (secondary N) is 1. The van der Waals surface area contributed by atoms with Gasteiger partial charge in [0, 0.05) is 43.1 Å². The minimum absolute atomic E-state index is 0.445. The number of hydrogen-bond acceptors (Lipinski definition) is 5. The molecule has 3 N–H and O–H groups in total. The van der Waals surface area contributed by atoms with Crippen LogP contribution in [0.5, 0.6) is 0 Å². The number of nitrogens with two attached hydrogens (primary N) is 1. The molecule has 1 fully saturated rings. The van der Waals surface area contributed by atoms with Crippen LogP contribution in [0.15, 0.2) is 66.9 Å². The van der Waals surface area contributed by atoms with Crippen molar-refractivity contribution in [3.8, 4) is 11.4 Å². The molecule has 4 rings (SSSR count). The number of nitrogen functional groups attached to an aromatic ring is 1. The quantitative estimate of drug-likeness (QED) is 0.678. The van der Waals surface area contributed by atoms with E-state index in [9.17, 15) is 0 Å². The highest BCUT2D eigenvalue weighted by Gasteiger charge is 2.19. The lowest BCUT2D eigenvalue weighted by molar-refractivity contribution is 0.211. The number of piperidine rings is 1. The first kappa shape index (κ1) is 17.5. The van der Waals surface area contributed by atoms with Crippen LogP contribution >= 0.6 is 0 Å². The van der Waals surface area contributed by atoms with Crippen LogP contribution in [-0.4, -0.2) is 34.0 Å². The van der Waals surface area contributed by atoms with Crippen molar-refractivity contribution in [1.29, 1.82) is 0 Å². The Balaban J connectivity index is 1.35. The van der Waals surface area contributed by atoms with Gasteiger partial charge in [0.05, 0.1) is 0 Å². The van der Waals surface area contributed by atoms with Crippen LogP contribution in [0.25, 0.3) is 11.4 Å². The van der Waals surface area contributed by atoms with Gasteiger partial charge in [-0.15, -0.1) is 0 Å². The van der Waals surface area contributed by atoms with Crippen molar-refractivity contribution in [2.24, 2.45) is 0 Å². The second kappa shape index (κ2) is 8.18. The van der Waals surface area contributed by atoms with Crippen LogP contribution < -0.4 is 11.1 Å². The van der Waals surface area contributed by atoms with Crippen LogP contribution in [-0.2, 0) is 6.54 Å². The molecule has 1 aliphatic rings. The maximum Gasteiger partial charge on any atom is 0.161 e. The minimum atomic E-state index is 0.445. The number of anilines is 2. The fourth-order valence-corrected chi connectivity index (χ4v) is 3.54. The van der Waals surface area contributed by atoms with Gasteiger partial charge in [0.1, 0.15) is 5.82 Å². The van der Waals surface area contributed by atoms with Crippen molar-refractivity contribution >= 4 is 11.5 Å². The van der Waals surface area contributed by atoms with E-state index in [4.69, 9.17) is 5.73 Å². The summed E-state index contributed by atoms with van der Waals surface area (Å²) in [5.41, 5.74) is 8.92. The average Bonchev–Trinajstić information content (AvgIpc) is 2.71. The SMILES string of the molecule is Nc1cccc(-c2nccc(NC3CCN(Cc4ccccc4)CC3)n2)c1. The van der Waals surface area contributed by atoms with Gasteiger partial charge in [0.25, 0.3) is 0 Å². The predicted octanol–water partition coefficient (Wildman–Crippen LogP) is 3.80. The molecule has 0 saturated carbocycles. The molecule has 5 heteroatoms. The zero-order valence-corrected chi connectivity index (χ0v) is 15.4. The molecule has 0 bridgehead atoms. The van der Waals surface area contributed by atoms with Gasteiger partial charge in [-0.2, -0.15) is 0 Å². The third-order valence-electron chi connectivity index (χ3n) is 4.99. The van der Waals surface area contributed by atoms with Crippen LogP contribution in [0.2, 0.25) is 0 Å². The first-order valence-electron chi connectivity index (χ1n) is 9.48.